The Bertz CT molecular complexity index is 1640. The fraction of sp³-hybridized carbons (Fsp3) is 0.286. The number of pyridine rings is 1. The van der Waals surface area contributed by atoms with E-state index < -0.39 is 11.9 Å². The van der Waals surface area contributed by atoms with E-state index in [2.05, 4.69) is 21.1 Å². The lowest BCUT2D eigenvalue weighted by molar-refractivity contribution is 0.0688. The Morgan fingerprint density at radius 1 is 1.20 bits per heavy atom. The SMILES string of the molecule is COc1ncc(-n2nc(C(=O)O)c(C(Cc3cc(Cl)c(=O)n(C)c3)c3ccc(C#N)cc3)c2C(C)C)c(OC)n1. The number of rotatable bonds is 9. The maximum Gasteiger partial charge on any atom is 0.356 e. The zero-order chi connectivity index (χ0) is 29.1. The molecule has 11 nitrogen and oxygen atoms in total. The predicted molar refractivity (Wildman–Crippen MR) is 147 cm³/mol. The van der Waals surface area contributed by atoms with Crippen LogP contribution in [0.25, 0.3) is 5.69 Å². The standard InChI is InChI=1S/C28H27ClN6O5/c1-15(2)24-22(23(27(37)38)33-35(24)21-13-31-28(40-5)32-25(21)39-4)19(18-8-6-16(12-30)7-9-18)10-17-11-20(29)26(36)34(3)14-17/h6-9,11,13-15,19H,10H2,1-5H3,(H,37,38). The molecule has 0 radical (unpaired) electrons. The van der Waals surface area contributed by atoms with Gasteiger partial charge >= 0.3 is 12.0 Å². The van der Waals surface area contributed by atoms with Crippen molar-refractivity contribution < 1.29 is 19.4 Å². The number of methoxy groups -OCH3 is 2. The molecule has 12 heteroatoms. The molecule has 1 atom stereocenters. The highest BCUT2D eigenvalue weighted by atomic mass is 35.5. The summed E-state index contributed by atoms with van der Waals surface area (Å²) < 4.78 is 13.5. The van der Waals surface area contributed by atoms with Crippen molar-refractivity contribution >= 4 is 17.6 Å². The van der Waals surface area contributed by atoms with E-state index in [4.69, 9.17) is 21.1 Å². The first-order valence-corrected chi connectivity index (χ1v) is 12.6. The molecule has 0 saturated carbocycles. The summed E-state index contributed by atoms with van der Waals surface area (Å²) in [5.41, 5.74) is 2.84. The van der Waals surface area contributed by atoms with Crippen LogP contribution in [-0.2, 0) is 13.5 Å². The first-order valence-electron chi connectivity index (χ1n) is 12.3. The maximum atomic E-state index is 12.7. The average Bonchev–Trinajstić information content (AvgIpc) is 3.35. The van der Waals surface area contributed by atoms with Crippen LogP contribution in [0.5, 0.6) is 11.9 Å². The van der Waals surface area contributed by atoms with E-state index in [1.165, 1.54) is 29.7 Å². The van der Waals surface area contributed by atoms with Gasteiger partial charge in [0.1, 0.15) is 10.7 Å². The number of aryl methyl sites for hydroxylation is 1. The molecule has 0 aliphatic heterocycles. The van der Waals surface area contributed by atoms with Gasteiger partial charge in [0, 0.05) is 24.7 Å². The average molecular weight is 563 g/mol. The first kappa shape index (κ1) is 28.3. The van der Waals surface area contributed by atoms with Crippen LogP contribution in [0.2, 0.25) is 5.02 Å². The van der Waals surface area contributed by atoms with Gasteiger partial charge in [-0.05, 0) is 41.7 Å². The summed E-state index contributed by atoms with van der Waals surface area (Å²) in [6, 6.07) is 10.7. The minimum atomic E-state index is -1.22. The molecule has 3 heterocycles. The minimum Gasteiger partial charge on any atom is -0.479 e. The lowest BCUT2D eigenvalue weighted by Gasteiger charge is -2.22. The summed E-state index contributed by atoms with van der Waals surface area (Å²) >= 11 is 6.22. The van der Waals surface area contributed by atoms with E-state index in [-0.39, 0.29) is 34.1 Å². The van der Waals surface area contributed by atoms with Gasteiger partial charge in [-0.1, -0.05) is 37.6 Å². The van der Waals surface area contributed by atoms with E-state index >= 15 is 0 Å². The van der Waals surface area contributed by atoms with Crippen molar-refractivity contribution in [3.63, 3.8) is 0 Å². The molecule has 0 spiro atoms. The number of nitrogens with zero attached hydrogens (tertiary/aromatic N) is 6. The van der Waals surface area contributed by atoms with E-state index in [1.807, 2.05) is 13.8 Å². The normalized spacial score (nSPS) is 11.8. The summed E-state index contributed by atoms with van der Waals surface area (Å²) in [5.74, 6) is -1.81. The summed E-state index contributed by atoms with van der Waals surface area (Å²) in [7, 11) is 4.47. The van der Waals surface area contributed by atoms with Gasteiger partial charge in [-0.3, -0.25) is 4.79 Å². The minimum absolute atomic E-state index is 0.0527. The quantitative estimate of drug-likeness (QED) is 0.318. The van der Waals surface area contributed by atoms with E-state index in [1.54, 1.807) is 43.6 Å². The molecule has 1 aromatic carbocycles. The number of halogens is 1. The second kappa shape index (κ2) is 11.6. The van der Waals surface area contributed by atoms with Gasteiger partial charge in [0.25, 0.3) is 5.56 Å². The smallest absolute Gasteiger partial charge is 0.356 e. The third-order valence-corrected chi connectivity index (χ3v) is 6.72. The summed E-state index contributed by atoms with van der Waals surface area (Å²) in [6.45, 7) is 3.86. The first-order chi connectivity index (χ1) is 19.1. The number of aromatic nitrogens is 5. The summed E-state index contributed by atoms with van der Waals surface area (Å²) in [4.78, 5) is 33.3. The van der Waals surface area contributed by atoms with E-state index in [0.29, 0.717) is 34.5 Å². The van der Waals surface area contributed by atoms with Gasteiger partial charge in [-0.15, -0.1) is 0 Å². The van der Waals surface area contributed by atoms with Crippen LogP contribution in [0.15, 0.2) is 47.5 Å². The molecule has 0 amide bonds. The van der Waals surface area contributed by atoms with Gasteiger partial charge in [0.05, 0.1) is 37.7 Å². The molecule has 0 bridgehead atoms. The third-order valence-electron chi connectivity index (χ3n) is 6.45. The number of ether oxygens (including phenoxy) is 2. The molecular weight excluding hydrogens is 536 g/mol. The van der Waals surface area contributed by atoms with Gasteiger partial charge in [-0.2, -0.15) is 15.3 Å². The molecule has 0 aliphatic carbocycles. The van der Waals surface area contributed by atoms with E-state index in [0.717, 1.165) is 5.56 Å². The van der Waals surface area contributed by atoms with Crippen LogP contribution >= 0.6 is 11.6 Å². The van der Waals surface area contributed by atoms with Crippen LogP contribution in [0.4, 0.5) is 0 Å². The largest absolute Gasteiger partial charge is 0.479 e. The second-order valence-electron chi connectivity index (χ2n) is 9.37. The van der Waals surface area contributed by atoms with Gasteiger partial charge < -0.3 is 19.1 Å². The number of benzene rings is 1. The lowest BCUT2D eigenvalue weighted by atomic mass is 9.82. The zero-order valence-electron chi connectivity index (χ0n) is 22.5. The molecule has 0 aliphatic rings. The lowest BCUT2D eigenvalue weighted by Crippen LogP contribution is -2.19. The van der Waals surface area contributed by atoms with Crippen molar-refractivity contribution in [3.8, 4) is 23.6 Å². The maximum absolute atomic E-state index is 12.7. The van der Waals surface area contributed by atoms with Crippen LogP contribution in [-0.4, -0.2) is 49.6 Å². The highest BCUT2D eigenvalue weighted by Crippen LogP contribution is 2.39. The zero-order valence-corrected chi connectivity index (χ0v) is 23.3. The number of nitriles is 1. The third kappa shape index (κ3) is 5.39. The van der Waals surface area contributed by atoms with Crippen molar-refractivity contribution in [1.29, 1.82) is 5.26 Å². The van der Waals surface area contributed by atoms with Crippen molar-refractivity contribution in [2.24, 2.45) is 7.05 Å². The Kier molecular flexibility index (Phi) is 8.21. The van der Waals surface area contributed by atoms with Gasteiger partial charge in [-0.25, -0.2) is 14.5 Å². The monoisotopic (exact) mass is 562 g/mol. The highest BCUT2D eigenvalue weighted by molar-refractivity contribution is 6.30. The van der Waals surface area contributed by atoms with Crippen molar-refractivity contribution in [2.75, 3.05) is 14.2 Å². The molecule has 1 N–H and O–H groups in total. The molecule has 206 valence electrons. The van der Waals surface area contributed by atoms with Crippen molar-refractivity contribution in [2.45, 2.75) is 32.1 Å². The molecule has 4 aromatic rings. The molecule has 1 unspecified atom stereocenters. The summed E-state index contributed by atoms with van der Waals surface area (Å²) in [5, 5.41) is 24.2. The molecule has 0 fully saturated rings. The fourth-order valence-electron chi connectivity index (χ4n) is 4.68. The number of hydrogen-bond acceptors (Lipinski definition) is 8. The Labute approximate surface area is 235 Å². The van der Waals surface area contributed by atoms with Crippen LogP contribution in [0, 0.1) is 11.3 Å². The Hall–Kier alpha value is -4.69. The Morgan fingerprint density at radius 3 is 2.45 bits per heavy atom. The van der Waals surface area contributed by atoms with Crippen molar-refractivity contribution in [1.82, 2.24) is 24.3 Å². The molecule has 0 saturated heterocycles. The molecule has 4 rings (SSSR count). The topological polar surface area (TPSA) is 145 Å². The molecule has 40 heavy (non-hydrogen) atoms. The summed E-state index contributed by atoms with van der Waals surface area (Å²) in [6.07, 6.45) is 3.43. The second-order valence-corrected chi connectivity index (χ2v) is 9.78. The molecular formula is C28H27ClN6O5. The number of aromatic carboxylic acids is 1. The van der Waals surface area contributed by atoms with Gasteiger partial charge in [0.2, 0.25) is 5.88 Å². The number of carboxylic acid groups (broad SMARTS) is 1. The Morgan fingerprint density at radius 2 is 1.90 bits per heavy atom. The van der Waals surface area contributed by atoms with Crippen molar-refractivity contribution in [3.05, 3.63) is 91.7 Å². The molecule has 3 aromatic heterocycles. The number of hydrogen-bond donors (Lipinski definition) is 1. The van der Waals surface area contributed by atoms with Crippen LogP contribution in [0.1, 0.15) is 64.1 Å². The van der Waals surface area contributed by atoms with Gasteiger partial charge in [0.15, 0.2) is 5.69 Å². The number of carboxylic acids is 1. The Balaban J connectivity index is 2.03. The highest BCUT2D eigenvalue weighted by Gasteiger charge is 2.33. The van der Waals surface area contributed by atoms with E-state index in [9.17, 15) is 20.0 Å². The number of carbonyl (C=O) groups is 1. The van der Waals surface area contributed by atoms with Crippen LogP contribution in [0.3, 0.4) is 0 Å². The predicted octanol–water partition coefficient (Wildman–Crippen LogP) is 4.10. The van der Waals surface area contributed by atoms with Crippen LogP contribution < -0.4 is 15.0 Å². The fourth-order valence-corrected chi connectivity index (χ4v) is 4.96.